The van der Waals surface area contributed by atoms with Gasteiger partial charge < -0.3 is 15.5 Å². The molecule has 0 saturated carbocycles. The number of carboxylic acids is 2. The monoisotopic (exact) mass is 257 g/mol. The first-order valence-electron chi connectivity index (χ1n) is 4.99. The molecule has 10 nitrogen and oxygen atoms in total. The molecule has 4 N–H and O–H groups in total. The summed E-state index contributed by atoms with van der Waals surface area (Å²) in [4.78, 5) is 32.6. The summed E-state index contributed by atoms with van der Waals surface area (Å²) in [6.45, 7) is 0. The van der Waals surface area contributed by atoms with Gasteiger partial charge in [0.2, 0.25) is 0 Å². The molecule has 0 radical (unpaired) electrons. The van der Waals surface area contributed by atoms with Gasteiger partial charge in [-0.3, -0.25) is 9.59 Å². The molecule has 0 fully saturated rings. The largest absolute Gasteiger partial charge is 0.481 e. The summed E-state index contributed by atoms with van der Waals surface area (Å²) >= 11 is 0. The van der Waals surface area contributed by atoms with Crippen LogP contribution in [-0.2, 0) is 9.59 Å². The molecular formula is C8H11N5O5. The number of carbonyl (C=O) groups is 3. The minimum absolute atomic E-state index is 0.00518. The van der Waals surface area contributed by atoms with E-state index in [1.165, 1.54) is 0 Å². The van der Waals surface area contributed by atoms with Crippen LogP contribution in [0.2, 0.25) is 0 Å². The van der Waals surface area contributed by atoms with E-state index in [2.05, 4.69) is 25.9 Å². The minimum atomic E-state index is -1.25. The molecule has 0 spiro atoms. The Hall–Kier alpha value is -2.52. The van der Waals surface area contributed by atoms with Gasteiger partial charge in [0.05, 0.1) is 0 Å². The maximum atomic E-state index is 11.4. The number of rotatable bonds is 7. The Morgan fingerprint density at radius 2 is 2.06 bits per heavy atom. The normalized spacial score (nSPS) is 11.8. The number of nitrogens with one attached hydrogen (secondary N) is 2. The second kappa shape index (κ2) is 6.27. The maximum Gasteiger partial charge on any atom is 0.326 e. The SMILES string of the molecule is O=C(O)CCC[C@@H](NC(=O)c1nn[nH]n1)C(=O)O. The summed E-state index contributed by atoms with van der Waals surface area (Å²) < 4.78 is 0. The third-order valence-corrected chi connectivity index (χ3v) is 2.04. The fourth-order valence-electron chi connectivity index (χ4n) is 1.20. The van der Waals surface area contributed by atoms with Gasteiger partial charge in [-0.05, 0) is 18.1 Å². The van der Waals surface area contributed by atoms with Crippen molar-refractivity contribution in [2.75, 3.05) is 0 Å². The highest BCUT2D eigenvalue weighted by atomic mass is 16.4. The van der Waals surface area contributed by atoms with Crippen molar-refractivity contribution in [3.8, 4) is 0 Å². The van der Waals surface area contributed by atoms with Crippen LogP contribution < -0.4 is 5.32 Å². The number of hydrogen-bond donors (Lipinski definition) is 4. The Balaban J connectivity index is 2.50. The molecule has 0 aliphatic carbocycles. The zero-order valence-corrected chi connectivity index (χ0v) is 9.16. The first kappa shape index (κ1) is 13.5. The fraction of sp³-hybridized carbons (Fsp3) is 0.500. The number of tetrazole rings is 1. The van der Waals surface area contributed by atoms with Crippen LogP contribution in [0.1, 0.15) is 29.9 Å². The Morgan fingerprint density at radius 1 is 1.33 bits per heavy atom. The summed E-state index contributed by atoms with van der Waals surface area (Å²) in [6, 6.07) is -1.18. The standard InChI is InChI=1S/C8H11N5O5/c14-5(15)3-1-2-4(8(17)18)9-7(16)6-10-12-13-11-6/h4H,1-3H2,(H,9,16)(H,14,15)(H,17,18)(H,10,11,12,13)/t4-/m1/s1. The lowest BCUT2D eigenvalue weighted by molar-refractivity contribution is -0.140. The van der Waals surface area contributed by atoms with Crippen molar-refractivity contribution in [2.24, 2.45) is 0 Å². The van der Waals surface area contributed by atoms with E-state index in [9.17, 15) is 14.4 Å². The van der Waals surface area contributed by atoms with E-state index in [4.69, 9.17) is 10.2 Å². The van der Waals surface area contributed by atoms with Gasteiger partial charge >= 0.3 is 11.9 Å². The van der Waals surface area contributed by atoms with Crippen molar-refractivity contribution in [1.82, 2.24) is 25.9 Å². The number of hydrogen-bond acceptors (Lipinski definition) is 6. The maximum absolute atomic E-state index is 11.4. The highest BCUT2D eigenvalue weighted by Gasteiger charge is 2.22. The third-order valence-electron chi connectivity index (χ3n) is 2.04. The van der Waals surface area contributed by atoms with Gasteiger partial charge in [-0.25, -0.2) is 4.79 Å². The molecule has 1 amide bonds. The Kier molecular flexibility index (Phi) is 4.72. The molecule has 0 bridgehead atoms. The minimum Gasteiger partial charge on any atom is -0.481 e. The zero-order chi connectivity index (χ0) is 13.5. The summed E-state index contributed by atoms with van der Waals surface area (Å²) in [5, 5.41) is 31.5. The summed E-state index contributed by atoms with van der Waals surface area (Å²) in [5.74, 6) is -3.34. The second-order valence-corrected chi connectivity index (χ2v) is 3.39. The number of aromatic amines is 1. The van der Waals surface area contributed by atoms with Crippen LogP contribution in [0.15, 0.2) is 0 Å². The number of aromatic nitrogens is 4. The lowest BCUT2D eigenvalue weighted by Gasteiger charge is -2.12. The van der Waals surface area contributed by atoms with Crippen molar-refractivity contribution < 1.29 is 24.6 Å². The molecule has 0 aliphatic rings. The number of aliphatic carboxylic acids is 2. The van der Waals surface area contributed by atoms with Crippen molar-refractivity contribution in [1.29, 1.82) is 0 Å². The lowest BCUT2D eigenvalue weighted by atomic mass is 10.1. The number of amides is 1. The predicted octanol–water partition coefficient (Wildman–Crippen LogP) is -1.36. The van der Waals surface area contributed by atoms with Gasteiger partial charge in [-0.15, -0.1) is 10.2 Å². The van der Waals surface area contributed by atoms with Crippen molar-refractivity contribution in [3.05, 3.63) is 5.82 Å². The molecule has 0 aromatic carbocycles. The molecule has 0 saturated heterocycles. The van der Waals surface area contributed by atoms with Crippen LogP contribution >= 0.6 is 0 Å². The fourth-order valence-corrected chi connectivity index (χ4v) is 1.20. The summed E-state index contributed by atoms with van der Waals surface area (Å²) in [6.07, 6.45) is -0.0219. The van der Waals surface area contributed by atoms with Gasteiger partial charge in [-0.2, -0.15) is 5.21 Å². The quantitative estimate of drug-likeness (QED) is 0.466. The van der Waals surface area contributed by atoms with E-state index in [-0.39, 0.29) is 25.1 Å². The van der Waals surface area contributed by atoms with E-state index in [1.807, 2.05) is 0 Å². The molecule has 1 heterocycles. The van der Waals surface area contributed by atoms with Crippen LogP contribution in [0, 0.1) is 0 Å². The summed E-state index contributed by atoms with van der Waals surface area (Å²) in [7, 11) is 0. The van der Waals surface area contributed by atoms with E-state index in [1.54, 1.807) is 0 Å². The van der Waals surface area contributed by atoms with E-state index in [0.29, 0.717) is 0 Å². The van der Waals surface area contributed by atoms with Crippen LogP contribution in [0.25, 0.3) is 0 Å². The molecule has 98 valence electrons. The molecule has 1 rings (SSSR count). The molecule has 0 unspecified atom stereocenters. The average Bonchev–Trinajstić information content (AvgIpc) is 2.80. The molecule has 18 heavy (non-hydrogen) atoms. The van der Waals surface area contributed by atoms with Crippen molar-refractivity contribution >= 4 is 17.8 Å². The number of carbonyl (C=O) groups excluding carboxylic acids is 1. The summed E-state index contributed by atoms with van der Waals surface area (Å²) in [5.41, 5.74) is 0. The smallest absolute Gasteiger partial charge is 0.326 e. The topological polar surface area (TPSA) is 158 Å². The Bertz CT molecular complexity index is 431. The first-order valence-corrected chi connectivity index (χ1v) is 4.99. The van der Waals surface area contributed by atoms with Gasteiger partial charge in [0.25, 0.3) is 11.7 Å². The van der Waals surface area contributed by atoms with Crippen molar-refractivity contribution in [2.45, 2.75) is 25.3 Å². The van der Waals surface area contributed by atoms with Crippen LogP contribution in [0.3, 0.4) is 0 Å². The zero-order valence-electron chi connectivity index (χ0n) is 9.16. The first-order chi connectivity index (χ1) is 8.50. The second-order valence-electron chi connectivity index (χ2n) is 3.39. The molecule has 10 heteroatoms. The molecule has 1 aromatic heterocycles. The molecule has 1 aromatic rings. The lowest BCUT2D eigenvalue weighted by Crippen LogP contribution is -2.41. The molecular weight excluding hydrogens is 246 g/mol. The van der Waals surface area contributed by atoms with Gasteiger partial charge in [0.1, 0.15) is 6.04 Å². The molecule has 1 atom stereocenters. The Labute approximate surface area is 100 Å². The van der Waals surface area contributed by atoms with Crippen molar-refractivity contribution in [3.63, 3.8) is 0 Å². The predicted molar refractivity (Wildman–Crippen MR) is 54.6 cm³/mol. The van der Waals surface area contributed by atoms with Crippen LogP contribution in [0.5, 0.6) is 0 Å². The van der Waals surface area contributed by atoms with E-state index >= 15 is 0 Å². The Morgan fingerprint density at radius 3 is 2.56 bits per heavy atom. The number of H-pyrrole nitrogens is 1. The highest BCUT2D eigenvalue weighted by Crippen LogP contribution is 2.02. The third kappa shape index (κ3) is 4.15. The van der Waals surface area contributed by atoms with Gasteiger partial charge in [0.15, 0.2) is 0 Å². The van der Waals surface area contributed by atoms with E-state index < -0.39 is 23.9 Å². The van der Waals surface area contributed by atoms with Crippen LogP contribution in [0.4, 0.5) is 0 Å². The number of nitrogens with zero attached hydrogens (tertiary/aromatic N) is 3. The van der Waals surface area contributed by atoms with E-state index in [0.717, 1.165) is 0 Å². The van der Waals surface area contributed by atoms with Gasteiger partial charge in [0, 0.05) is 6.42 Å². The van der Waals surface area contributed by atoms with Gasteiger partial charge in [-0.1, -0.05) is 0 Å². The average molecular weight is 257 g/mol. The highest BCUT2D eigenvalue weighted by molar-refractivity contribution is 5.93. The number of carboxylic acid groups (broad SMARTS) is 2. The molecule has 0 aliphatic heterocycles. The van der Waals surface area contributed by atoms with Crippen LogP contribution in [-0.4, -0.2) is 54.7 Å².